The maximum atomic E-state index is 13.9. The predicted octanol–water partition coefficient (Wildman–Crippen LogP) is 4.28. The van der Waals surface area contributed by atoms with Crippen LogP contribution in [0.15, 0.2) is 54.6 Å². The highest BCUT2D eigenvalue weighted by molar-refractivity contribution is 5.92. The van der Waals surface area contributed by atoms with Crippen LogP contribution in [-0.2, 0) is 14.3 Å². The van der Waals surface area contributed by atoms with Crippen molar-refractivity contribution < 1.29 is 29.0 Å². The summed E-state index contributed by atoms with van der Waals surface area (Å²) in [6.07, 6.45) is 2.33. The normalized spacial score (nSPS) is 24.8. The minimum Gasteiger partial charge on any atom is -0.478 e. The molecular formula is C31H39N3O6. The minimum absolute atomic E-state index is 0.126. The lowest BCUT2D eigenvalue weighted by atomic mass is 9.78. The predicted molar refractivity (Wildman–Crippen MR) is 150 cm³/mol. The third-order valence-corrected chi connectivity index (χ3v) is 7.98. The number of aromatic carboxylic acids is 1. The van der Waals surface area contributed by atoms with Crippen LogP contribution in [0.1, 0.15) is 79.8 Å². The zero-order chi connectivity index (χ0) is 29.0. The van der Waals surface area contributed by atoms with Gasteiger partial charge in [-0.05, 0) is 69.6 Å². The van der Waals surface area contributed by atoms with Crippen LogP contribution in [0.5, 0.6) is 0 Å². The zero-order valence-corrected chi connectivity index (χ0v) is 23.3. The molecule has 2 aromatic rings. The van der Waals surface area contributed by atoms with Gasteiger partial charge in [0.1, 0.15) is 11.6 Å². The van der Waals surface area contributed by atoms with E-state index in [2.05, 4.69) is 5.32 Å². The Balaban J connectivity index is 1.53. The van der Waals surface area contributed by atoms with Gasteiger partial charge in [-0.15, -0.1) is 0 Å². The lowest BCUT2D eigenvalue weighted by Crippen LogP contribution is -2.48. The van der Waals surface area contributed by atoms with Crippen molar-refractivity contribution in [3.63, 3.8) is 0 Å². The largest absolute Gasteiger partial charge is 0.478 e. The maximum Gasteiger partial charge on any atom is 0.407 e. The van der Waals surface area contributed by atoms with Crippen molar-refractivity contribution >= 4 is 23.9 Å². The number of amides is 3. The lowest BCUT2D eigenvalue weighted by molar-refractivity contribution is -0.142. The summed E-state index contributed by atoms with van der Waals surface area (Å²) in [5.74, 6) is -2.71. The second-order valence-electron chi connectivity index (χ2n) is 11.9. The number of carboxylic acid groups (broad SMARTS) is 1. The van der Waals surface area contributed by atoms with Gasteiger partial charge in [-0.3, -0.25) is 9.59 Å². The number of hydrogen-bond donors (Lipinski definition) is 3. The van der Waals surface area contributed by atoms with Gasteiger partial charge in [-0.25, -0.2) is 9.59 Å². The summed E-state index contributed by atoms with van der Waals surface area (Å²) in [4.78, 5) is 52.6. The zero-order valence-electron chi connectivity index (χ0n) is 23.3. The summed E-state index contributed by atoms with van der Waals surface area (Å²) >= 11 is 0. The first-order chi connectivity index (χ1) is 19.0. The fourth-order valence-electron chi connectivity index (χ4n) is 6.20. The van der Waals surface area contributed by atoms with E-state index in [-0.39, 0.29) is 29.9 Å². The molecule has 1 unspecified atom stereocenters. The molecule has 1 aliphatic carbocycles. The first-order valence-corrected chi connectivity index (χ1v) is 13.9. The fraction of sp³-hybridized carbons (Fsp3) is 0.484. The number of carboxylic acids is 1. The standard InChI is InChI=1S/C31H39N3O6/c1-31(2,3)40-30(39)33-17-19-13-15-21(16-14-19)28(36)34-18-24(22-11-7-8-12-23(22)29(37)38)25(26(34)27(32)35)20-9-5-4-6-10-20/h4-12,19,21,24-26H,13-18H2,1-3H3,(H2,32,35)(H,33,39)(H,37,38)/t19-,21-,24?,25-,26-/m0/s1. The van der Waals surface area contributed by atoms with Crippen LogP contribution in [0.3, 0.4) is 0 Å². The van der Waals surface area contributed by atoms with Gasteiger partial charge in [0, 0.05) is 30.8 Å². The fourth-order valence-corrected chi connectivity index (χ4v) is 6.20. The number of carbonyl (C=O) groups is 4. The molecule has 0 radical (unpaired) electrons. The monoisotopic (exact) mass is 549 g/mol. The Morgan fingerprint density at radius 3 is 2.20 bits per heavy atom. The number of hydrogen-bond acceptors (Lipinski definition) is 5. The smallest absolute Gasteiger partial charge is 0.407 e. The number of ether oxygens (including phenoxy) is 1. The molecule has 9 heteroatoms. The van der Waals surface area contributed by atoms with E-state index in [0.717, 1.165) is 18.4 Å². The summed E-state index contributed by atoms with van der Waals surface area (Å²) in [5, 5.41) is 12.7. The number of rotatable bonds is 7. The van der Waals surface area contributed by atoms with Gasteiger partial charge in [0.15, 0.2) is 0 Å². The summed E-state index contributed by atoms with van der Waals surface area (Å²) in [6.45, 7) is 6.13. The van der Waals surface area contributed by atoms with Crippen molar-refractivity contribution in [3.05, 3.63) is 71.3 Å². The van der Waals surface area contributed by atoms with Crippen molar-refractivity contribution in [2.75, 3.05) is 13.1 Å². The highest BCUT2D eigenvalue weighted by Crippen LogP contribution is 2.46. The van der Waals surface area contributed by atoms with Crippen LogP contribution in [0.25, 0.3) is 0 Å². The summed E-state index contributed by atoms with van der Waals surface area (Å²) < 4.78 is 5.31. The molecule has 3 amide bonds. The van der Waals surface area contributed by atoms with Crippen LogP contribution in [0.2, 0.25) is 0 Å². The molecule has 0 spiro atoms. The van der Waals surface area contributed by atoms with Gasteiger partial charge in [-0.2, -0.15) is 0 Å². The van der Waals surface area contributed by atoms with Crippen LogP contribution >= 0.6 is 0 Å². The number of alkyl carbamates (subject to hydrolysis) is 1. The van der Waals surface area contributed by atoms with Gasteiger partial charge < -0.3 is 25.8 Å². The number of primary amides is 1. The van der Waals surface area contributed by atoms with E-state index in [1.807, 2.05) is 51.1 Å². The lowest BCUT2D eigenvalue weighted by Gasteiger charge is -2.33. The summed E-state index contributed by atoms with van der Waals surface area (Å²) in [7, 11) is 0. The molecule has 1 heterocycles. The van der Waals surface area contributed by atoms with Gasteiger partial charge in [0.25, 0.3) is 0 Å². The first-order valence-electron chi connectivity index (χ1n) is 13.9. The van der Waals surface area contributed by atoms with Crippen molar-refractivity contribution in [3.8, 4) is 0 Å². The quantitative estimate of drug-likeness (QED) is 0.471. The second-order valence-corrected chi connectivity index (χ2v) is 11.9. The molecule has 4 N–H and O–H groups in total. The van der Waals surface area contributed by atoms with E-state index in [1.54, 1.807) is 29.2 Å². The molecular weight excluding hydrogens is 510 g/mol. The molecule has 2 aliphatic rings. The van der Waals surface area contributed by atoms with Crippen molar-refractivity contribution in [2.45, 2.75) is 69.9 Å². The summed E-state index contributed by atoms with van der Waals surface area (Å²) in [6, 6.07) is 15.3. The van der Waals surface area contributed by atoms with E-state index in [9.17, 15) is 24.3 Å². The van der Waals surface area contributed by atoms with Crippen LogP contribution < -0.4 is 11.1 Å². The topological polar surface area (TPSA) is 139 Å². The average Bonchev–Trinajstić information content (AvgIpc) is 3.32. The molecule has 214 valence electrons. The SMILES string of the molecule is CC(C)(C)OC(=O)NC[C@H]1CC[C@H](C(=O)N2CC(c3ccccc3C(=O)O)[C@H](c3ccccc3)[C@H]2C(N)=O)CC1. The molecule has 1 saturated carbocycles. The van der Waals surface area contributed by atoms with E-state index in [4.69, 9.17) is 10.5 Å². The molecule has 40 heavy (non-hydrogen) atoms. The first kappa shape index (κ1) is 29.1. The highest BCUT2D eigenvalue weighted by Gasteiger charge is 2.50. The van der Waals surface area contributed by atoms with Gasteiger partial charge in [0.2, 0.25) is 11.8 Å². The third kappa shape index (κ3) is 6.63. The average molecular weight is 550 g/mol. The van der Waals surface area contributed by atoms with Gasteiger partial charge >= 0.3 is 12.1 Å². The molecule has 1 saturated heterocycles. The third-order valence-electron chi connectivity index (χ3n) is 7.98. The molecule has 4 rings (SSSR count). The Hall–Kier alpha value is -3.88. The maximum absolute atomic E-state index is 13.9. The van der Waals surface area contributed by atoms with E-state index in [1.165, 1.54) is 0 Å². The Kier molecular flexibility index (Phi) is 8.81. The molecule has 0 aromatic heterocycles. The Morgan fingerprint density at radius 1 is 0.975 bits per heavy atom. The van der Waals surface area contributed by atoms with Crippen molar-refractivity contribution in [1.82, 2.24) is 10.2 Å². The van der Waals surface area contributed by atoms with Crippen molar-refractivity contribution in [2.24, 2.45) is 17.6 Å². The minimum atomic E-state index is -1.05. The molecule has 9 nitrogen and oxygen atoms in total. The molecule has 1 aliphatic heterocycles. The second kappa shape index (κ2) is 12.1. The number of nitrogens with two attached hydrogens (primary N) is 1. The van der Waals surface area contributed by atoms with Gasteiger partial charge in [0.05, 0.1) is 5.56 Å². The van der Waals surface area contributed by atoms with Crippen LogP contribution in [0, 0.1) is 11.8 Å². The highest BCUT2D eigenvalue weighted by atomic mass is 16.6. The van der Waals surface area contributed by atoms with Crippen molar-refractivity contribution in [1.29, 1.82) is 0 Å². The molecule has 0 bridgehead atoms. The number of benzene rings is 2. The van der Waals surface area contributed by atoms with Crippen LogP contribution in [-0.4, -0.2) is 58.6 Å². The molecule has 2 aromatic carbocycles. The Labute approximate surface area is 235 Å². The number of nitrogens with zero attached hydrogens (tertiary/aromatic N) is 1. The Bertz CT molecular complexity index is 1230. The van der Waals surface area contributed by atoms with Gasteiger partial charge in [-0.1, -0.05) is 48.5 Å². The number of carbonyl (C=O) groups excluding carboxylic acids is 3. The number of nitrogens with one attached hydrogen (secondary N) is 1. The van der Waals surface area contributed by atoms with E-state index in [0.29, 0.717) is 24.9 Å². The van der Waals surface area contributed by atoms with E-state index < -0.39 is 41.4 Å². The number of likely N-dealkylation sites (tertiary alicyclic amines) is 1. The summed E-state index contributed by atoms with van der Waals surface area (Å²) in [5.41, 5.74) is 6.96. The Morgan fingerprint density at radius 2 is 1.60 bits per heavy atom. The molecule has 2 fully saturated rings. The molecule has 3 atom stereocenters. The van der Waals surface area contributed by atoms with Crippen LogP contribution in [0.4, 0.5) is 4.79 Å². The van der Waals surface area contributed by atoms with E-state index >= 15 is 0 Å².